The van der Waals surface area contributed by atoms with Crippen LogP contribution in [0.25, 0.3) is 0 Å². The molecule has 2 fully saturated rings. The van der Waals surface area contributed by atoms with Crippen molar-refractivity contribution in [2.24, 2.45) is 5.41 Å². The van der Waals surface area contributed by atoms with Gasteiger partial charge in [-0.1, -0.05) is 13.8 Å². The second-order valence-corrected chi connectivity index (χ2v) is 7.62. The Kier molecular flexibility index (Phi) is 4.12. The number of imidazole rings is 1. The van der Waals surface area contributed by atoms with Crippen molar-refractivity contribution >= 4 is 6.03 Å². The number of likely N-dealkylation sites (tertiary alicyclic amines) is 1. The fourth-order valence-electron chi connectivity index (χ4n) is 3.85. The first kappa shape index (κ1) is 16.3. The summed E-state index contributed by atoms with van der Waals surface area (Å²) in [5.41, 5.74) is -0.225. The van der Waals surface area contributed by atoms with Gasteiger partial charge in [-0.15, -0.1) is 0 Å². The Morgan fingerprint density at radius 1 is 1.48 bits per heavy atom. The first-order valence-corrected chi connectivity index (χ1v) is 8.47. The third kappa shape index (κ3) is 2.73. The van der Waals surface area contributed by atoms with Crippen molar-refractivity contribution < 1.29 is 9.53 Å². The van der Waals surface area contributed by atoms with Crippen LogP contribution in [0, 0.1) is 5.41 Å². The number of rotatable bonds is 3. The van der Waals surface area contributed by atoms with Crippen molar-refractivity contribution in [2.75, 3.05) is 20.2 Å². The number of carbonyl (C=O) groups is 1. The van der Waals surface area contributed by atoms with Crippen LogP contribution < -0.4 is 5.32 Å². The summed E-state index contributed by atoms with van der Waals surface area (Å²) in [6.45, 7) is 7.98. The molecule has 2 N–H and O–H groups in total. The average molecular weight is 320 g/mol. The van der Waals surface area contributed by atoms with E-state index in [0.717, 1.165) is 38.2 Å². The molecule has 0 unspecified atom stereocenters. The van der Waals surface area contributed by atoms with Crippen molar-refractivity contribution in [3.8, 4) is 0 Å². The quantitative estimate of drug-likeness (QED) is 0.899. The summed E-state index contributed by atoms with van der Waals surface area (Å²) in [7, 11) is 1.75. The highest BCUT2D eigenvalue weighted by Gasteiger charge is 2.58. The lowest BCUT2D eigenvalue weighted by Gasteiger charge is -2.59. The monoisotopic (exact) mass is 320 g/mol. The average Bonchev–Trinajstić information content (AvgIpc) is 3.08. The van der Waals surface area contributed by atoms with Gasteiger partial charge < -0.3 is 19.9 Å². The van der Waals surface area contributed by atoms with Gasteiger partial charge in [-0.3, -0.25) is 0 Å². The van der Waals surface area contributed by atoms with E-state index in [9.17, 15) is 4.79 Å². The van der Waals surface area contributed by atoms with Crippen LogP contribution in [0.3, 0.4) is 0 Å². The molecule has 0 aromatic carbocycles. The lowest BCUT2D eigenvalue weighted by molar-refractivity contribution is -0.177. The molecule has 0 radical (unpaired) electrons. The number of carbonyl (C=O) groups excluding carboxylic acids is 1. The van der Waals surface area contributed by atoms with Crippen molar-refractivity contribution in [2.45, 2.75) is 57.6 Å². The lowest BCUT2D eigenvalue weighted by Crippen LogP contribution is -2.69. The van der Waals surface area contributed by atoms with Crippen LogP contribution in [0.15, 0.2) is 12.4 Å². The van der Waals surface area contributed by atoms with E-state index in [1.54, 1.807) is 13.3 Å². The van der Waals surface area contributed by atoms with Crippen LogP contribution in [-0.4, -0.2) is 52.7 Å². The van der Waals surface area contributed by atoms with E-state index in [-0.39, 0.29) is 23.1 Å². The van der Waals surface area contributed by atoms with Gasteiger partial charge in [0.15, 0.2) is 0 Å². The lowest BCUT2D eigenvalue weighted by atomic mass is 9.56. The maximum atomic E-state index is 12.6. The molecule has 3 atom stereocenters. The number of hydrogen-bond acceptors (Lipinski definition) is 3. The molecule has 2 amide bonds. The van der Waals surface area contributed by atoms with Crippen LogP contribution in [0.1, 0.15) is 51.8 Å². The predicted octanol–water partition coefficient (Wildman–Crippen LogP) is 2.50. The molecule has 1 aromatic rings. The number of hydrogen-bond donors (Lipinski definition) is 2. The van der Waals surface area contributed by atoms with Gasteiger partial charge in [0, 0.05) is 50.0 Å². The van der Waals surface area contributed by atoms with Crippen LogP contribution in [0.2, 0.25) is 0 Å². The second-order valence-electron chi connectivity index (χ2n) is 7.62. The number of nitrogens with one attached hydrogen (secondary N) is 2. The molecule has 6 heteroatoms. The van der Waals surface area contributed by atoms with Crippen LogP contribution in [-0.2, 0) is 4.74 Å². The third-order valence-electron chi connectivity index (χ3n) is 6.19. The normalized spacial score (nSPS) is 33.1. The summed E-state index contributed by atoms with van der Waals surface area (Å²) >= 11 is 0. The minimum absolute atomic E-state index is 0.0393. The highest BCUT2D eigenvalue weighted by Crippen LogP contribution is 2.51. The fraction of sp³-hybridized carbons (Fsp3) is 0.765. The second kappa shape index (κ2) is 5.82. The van der Waals surface area contributed by atoms with Gasteiger partial charge in [0.05, 0.1) is 5.60 Å². The molecule has 1 aliphatic heterocycles. The Bertz CT molecular complexity index is 557. The number of urea groups is 1. The smallest absolute Gasteiger partial charge is 0.317 e. The summed E-state index contributed by atoms with van der Waals surface area (Å²) in [6, 6.07) is 0.196. The number of aromatic nitrogens is 2. The van der Waals surface area contributed by atoms with Crippen LogP contribution in [0.5, 0.6) is 0 Å². The fourth-order valence-corrected chi connectivity index (χ4v) is 3.85. The van der Waals surface area contributed by atoms with E-state index in [0.29, 0.717) is 5.92 Å². The largest absolute Gasteiger partial charge is 0.378 e. The number of methoxy groups -OCH3 is 1. The number of ether oxygens (including phenoxy) is 1. The molecule has 2 heterocycles. The maximum absolute atomic E-state index is 12.6. The molecule has 0 bridgehead atoms. The molecule has 0 spiro atoms. The Labute approximate surface area is 138 Å². The summed E-state index contributed by atoms with van der Waals surface area (Å²) in [5.74, 6) is 1.29. The van der Waals surface area contributed by atoms with Crippen molar-refractivity contribution in [1.82, 2.24) is 20.2 Å². The molecule has 6 nitrogen and oxygen atoms in total. The van der Waals surface area contributed by atoms with Gasteiger partial charge in [-0.05, 0) is 26.2 Å². The van der Waals surface area contributed by atoms with E-state index in [1.165, 1.54) is 0 Å². The highest BCUT2D eigenvalue weighted by molar-refractivity contribution is 5.75. The first-order chi connectivity index (χ1) is 10.9. The summed E-state index contributed by atoms with van der Waals surface area (Å²) in [4.78, 5) is 22.1. The first-order valence-electron chi connectivity index (χ1n) is 8.47. The molecule has 1 aliphatic carbocycles. The third-order valence-corrected chi connectivity index (χ3v) is 6.19. The number of H-pyrrole nitrogens is 1. The molecule has 1 saturated carbocycles. The molecular weight excluding hydrogens is 292 g/mol. The van der Waals surface area contributed by atoms with Gasteiger partial charge in [0.2, 0.25) is 0 Å². The van der Waals surface area contributed by atoms with Crippen molar-refractivity contribution in [3.63, 3.8) is 0 Å². The number of piperidine rings is 1. The van der Waals surface area contributed by atoms with Crippen LogP contribution >= 0.6 is 0 Å². The van der Waals surface area contributed by atoms with Gasteiger partial charge in [-0.2, -0.15) is 0 Å². The van der Waals surface area contributed by atoms with E-state index in [2.05, 4.69) is 36.1 Å². The Morgan fingerprint density at radius 3 is 2.87 bits per heavy atom. The molecule has 128 valence electrons. The summed E-state index contributed by atoms with van der Waals surface area (Å²) in [5, 5.41) is 3.21. The molecule has 23 heavy (non-hydrogen) atoms. The van der Waals surface area contributed by atoms with Gasteiger partial charge in [-0.25, -0.2) is 9.78 Å². The molecule has 2 aliphatic rings. The topological polar surface area (TPSA) is 70.2 Å². The zero-order chi connectivity index (χ0) is 16.7. The van der Waals surface area contributed by atoms with Gasteiger partial charge >= 0.3 is 6.03 Å². The van der Waals surface area contributed by atoms with Crippen molar-refractivity contribution in [3.05, 3.63) is 18.2 Å². The Balaban J connectivity index is 1.59. The predicted molar refractivity (Wildman–Crippen MR) is 88.3 cm³/mol. The molecule has 1 saturated heterocycles. The van der Waals surface area contributed by atoms with Gasteiger partial charge in [0.1, 0.15) is 5.82 Å². The summed E-state index contributed by atoms with van der Waals surface area (Å²) < 4.78 is 5.63. The standard InChI is InChI=1S/C17H28N4O2/c1-16(2)13(10-17(16,3)23-4)20-15(22)21-9-5-6-12(11-21)14-18-7-8-19-14/h7-8,12-13H,5-6,9-11H2,1-4H3,(H,18,19)(H,20,22)/t12-,13+,17+/m0/s1. The van der Waals surface area contributed by atoms with E-state index in [1.807, 2.05) is 11.1 Å². The van der Waals surface area contributed by atoms with E-state index < -0.39 is 0 Å². The maximum Gasteiger partial charge on any atom is 0.317 e. The molecular formula is C17H28N4O2. The van der Waals surface area contributed by atoms with E-state index >= 15 is 0 Å². The zero-order valence-corrected chi connectivity index (χ0v) is 14.6. The number of nitrogens with zero attached hydrogens (tertiary/aromatic N) is 2. The number of aromatic amines is 1. The highest BCUT2D eigenvalue weighted by atomic mass is 16.5. The van der Waals surface area contributed by atoms with Crippen molar-refractivity contribution in [1.29, 1.82) is 0 Å². The number of amides is 2. The van der Waals surface area contributed by atoms with Crippen LogP contribution in [0.4, 0.5) is 4.79 Å². The molecule has 1 aromatic heterocycles. The Morgan fingerprint density at radius 2 is 2.26 bits per heavy atom. The SMILES string of the molecule is CO[C@]1(C)C[C@@H](NC(=O)N2CCC[C@H](c3ncc[nH]3)C2)C1(C)C. The summed E-state index contributed by atoms with van der Waals surface area (Å²) in [6.07, 6.45) is 6.57. The molecule has 3 rings (SSSR count). The van der Waals surface area contributed by atoms with Gasteiger partial charge in [0.25, 0.3) is 0 Å². The zero-order valence-electron chi connectivity index (χ0n) is 14.6. The minimum Gasteiger partial charge on any atom is -0.378 e. The minimum atomic E-state index is -0.163. The van der Waals surface area contributed by atoms with E-state index in [4.69, 9.17) is 4.74 Å². The Hall–Kier alpha value is -1.56.